The average molecular weight is 186 g/mol. The van der Waals surface area contributed by atoms with Crippen LogP contribution in [0.15, 0.2) is 0 Å². The Morgan fingerprint density at radius 2 is 1.62 bits per heavy atom. The summed E-state index contributed by atoms with van der Waals surface area (Å²) in [6.07, 6.45) is 0. The quantitative estimate of drug-likeness (QED) is 0.719. The molecule has 0 heterocycles. The summed E-state index contributed by atoms with van der Waals surface area (Å²) >= 11 is 0. The summed E-state index contributed by atoms with van der Waals surface area (Å²) < 4.78 is 0. The maximum Gasteiger partial charge on any atom is 0.317 e. The number of amides is 2. The molecular formula is C10H22N2O. The summed E-state index contributed by atoms with van der Waals surface area (Å²) in [6.45, 7) is 10.2. The molecule has 0 aromatic rings. The highest BCUT2D eigenvalue weighted by molar-refractivity contribution is 5.74. The van der Waals surface area contributed by atoms with E-state index in [1.807, 2.05) is 20.9 Å². The number of hydrogen-bond acceptors (Lipinski definition) is 1. The highest BCUT2D eigenvalue weighted by Gasteiger charge is 2.18. The van der Waals surface area contributed by atoms with Crippen LogP contribution in [0.2, 0.25) is 0 Å². The lowest BCUT2D eigenvalue weighted by atomic mass is 10.1. The van der Waals surface area contributed by atoms with Crippen molar-refractivity contribution in [2.75, 3.05) is 7.05 Å². The third-order valence-electron chi connectivity index (χ3n) is 2.31. The minimum absolute atomic E-state index is 0.0104. The van der Waals surface area contributed by atoms with Gasteiger partial charge in [0.2, 0.25) is 0 Å². The van der Waals surface area contributed by atoms with Crippen LogP contribution in [0.4, 0.5) is 4.79 Å². The van der Waals surface area contributed by atoms with Crippen LogP contribution in [-0.2, 0) is 0 Å². The molecule has 0 saturated carbocycles. The zero-order valence-corrected chi connectivity index (χ0v) is 9.59. The Balaban J connectivity index is 4.09. The molecule has 2 amide bonds. The van der Waals surface area contributed by atoms with E-state index in [0.717, 1.165) is 0 Å². The van der Waals surface area contributed by atoms with Crippen LogP contribution in [0.1, 0.15) is 34.6 Å². The predicted molar refractivity (Wildman–Crippen MR) is 55.7 cm³/mol. The van der Waals surface area contributed by atoms with Crippen molar-refractivity contribution in [1.29, 1.82) is 0 Å². The van der Waals surface area contributed by atoms with Crippen molar-refractivity contribution in [2.24, 2.45) is 5.92 Å². The van der Waals surface area contributed by atoms with Gasteiger partial charge in [-0.2, -0.15) is 0 Å². The molecule has 3 nitrogen and oxygen atoms in total. The zero-order valence-electron chi connectivity index (χ0n) is 9.59. The van der Waals surface area contributed by atoms with Crippen molar-refractivity contribution in [3.63, 3.8) is 0 Å². The monoisotopic (exact) mass is 186 g/mol. The van der Waals surface area contributed by atoms with Gasteiger partial charge in [0.25, 0.3) is 0 Å². The molecule has 3 heteroatoms. The Bertz CT molecular complexity index is 166. The van der Waals surface area contributed by atoms with Crippen LogP contribution >= 0.6 is 0 Å². The van der Waals surface area contributed by atoms with E-state index in [4.69, 9.17) is 0 Å². The number of carbonyl (C=O) groups is 1. The number of carbonyl (C=O) groups excluding carboxylic acids is 1. The highest BCUT2D eigenvalue weighted by atomic mass is 16.2. The summed E-state index contributed by atoms with van der Waals surface area (Å²) in [4.78, 5) is 13.3. The summed E-state index contributed by atoms with van der Waals surface area (Å²) in [5.74, 6) is 0.489. The van der Waals surface area contributed by atoms with E-state index < -0.39 is 0 Å². The van der Waals surface area contributed by atoms with E-state index in [1.54, 1.807) is 4.90 Å². The van der Waals surface area contributed by atoms with Gasteiger partial charge in [-0.3, -0.25) is 0 Å². The number of nitrogens with one attached hydrogen (secondary N) is 1. The molecular weight excluding hydrogens is 164 g/mol. The molecule has 0 aromatic carbocycles. The lowest BCUT2D eigenvalue weighted by Crippen LogP contribution is -2.46. The van der Waals surface area contributed by atoms with Gasteiger partial charge in [0.1, 0.15) is 0 Å². The number of urea groups is 1. The van der Waals surface area contributed by atoms with Crippen LogP contribution < -0.4 is 5.32 Å². The van der Waals surface area contributed by atoms with Gasteiger partial charge < -0.3 is 10.2 Å². The van der Waals surface area contributed by atoms with Gasteiger partial charge >= 0.3 is 6.03 Å². The van der Waals surface area contributed by atoms with Crippen LogP contribution in [0.5, 0.6) is 0 Å². The number of hydrogen-bond donors (Lipinski definition) is 1. The third kappa shape index (κ3) is 4.15. The molecule has 0 spiro atoms. The Labute approximate surface area is 81.5 Å². The fourth-order valence-electron chi connectivity index (χ4n) is 0.981. The summed E-state index contributed by atoms with van der Waals surface area (Å²) in [5.41, 5.74) is 0. The van der Waals surface area contributed by atoms with E-state index in [2.05, 4.69) is 26.1 Å². The fourth-order valence-corrected chi connectivity index (χ4v) is 0.981. The first kappa shape index (κ1) is 12.3. The lowest BCUT2D eigenvalue weighted by Gasteiger charge is -2.28. The van der Waals surface area contributed by atoms with Crippen molar-refractivity contribution in [3.8, 4) is 0 Å². The maximum atomic E-state index is 11.5. The van der Waals surface area contributed by atoms with Crippen molar-refractivity contribution in [3.05, 3.63) is 0 Å². The Hall–Kier alpha value is -0.730. The minimum atomic E-state index is 0.0104. The van der Waals surface area contributed by atoms with E-state index in [0.29, 0.717) is 5.92 Å². The van der Waals surface area contributed by atoms with Gasteiger partial charge in [-0.05, 0) is 26.7 Å². The van der Waals surface area contributed by atoms with Gasteiger partial charge in [-0.1, -0.05) is 13.8 Å². The van der Waals surface area contributed by atoms with Crippen molar-refractivity contribution < 1.29 is 4.79 Å². The molecule has 1 unspecified atom stereocenters. The highest BCUT2D eigenvalue weighted by Crippen LogP contribution is 2.07. The molecule has 0 rings (SSSR count). The molecule has 0 aliphatic heterocycles. The maximum absolute atomic E-state index is 11.5. The fraction of sp³-hybridized carbons (Fsp3) is 0.900. The molecule has 1 atom stereocenters. The molecule has 0 aliphatic rings. The molecule has 0 aromatic heterocycles. The second-order valence-electron chi connectivity index (χ2n) is 4.20. The zero-order chi connectivity index (χ0) is 10.6. The predicted octanol–water partition coefficient (Wildman–Crippen LogP) is 2.08. The van der Waals surface area contributed by atoms with E-state index in [1.165, 1.54) is 0 Å². The largest absolute Gasteiger partial charge is 0.336 e. The first-order valence-electron chi connectivity index (χ1n) is 4.89. The molecule has 0 saturated heterocycles. The van der Waals surface area contributed by atoms with Gasteiger partial charge in [0.15, 0.2) is 0 Å². The molecule has 0 bridgehead atoms. The molecule has 0 radical (unpaired) electrons. The van der Waals surface area contributed by atoms with E-state index in [-0.39, 0.29) is 18.1 Å². The van der Waals surface area contributed by atoms with Crippen molar-refractivity contribution >= 4 is 6.03 Å². The van der Waals surface area contributed by atoms with Gasteiger partial charge in [-0.25, -0.2) is 4.79 Å². The number of nitrogens with zero attached hydrogens (tertiary/aromatic N) is 1. The second kappa shape index (κ2) is 5.10. The Morgan fingerprint density at radius 1 is 1.15 bits per heavy atom. The van der Waals surface area contributed by atoms with Crippen molar-refractivity contribution in [2.45, 2.75) is 46.7 Å². The second-order valence-corrected chi connectivity index (χ2v) is 4.20. The van der Waals surface area contributed by atoms with Gasteiger partial charge in [0, 0.05) is 19.1 Å². The first-order chi connectivity index (χ1) is 5.86. The van der Waals surface area contributed by atoms with Crippen LogP contribution in [0.25, 0.3) is 0 Å². The van der Waals surface area contributed by atoms with Crippen LogP contribution in [0, 0.1) is 5.92 Å². The summed E-state index contributed by atoms with van der Waals surface area (Å²) in [6, 6.07) is 0.490. The lowest BCUT2D eigenvalue weighted by molar-refractivity contribution is 0.177. The minimum Gasteiger partial charge on any atom is -0.336 e. The SMILES string of the molecule is CC(C)NC(=O)N(C)C(C)C(C)C. The third-order valence-corrected chi connectivity index (χ3v) is 2.31. The van der Waals surface area contributed by atoms with E-state index >= 15 is 0 Å². The van der Waals surface area contributed by atoms with Crippen LogP contribution in [0.3, 0.4) is 0 Å². The standard InChI is InChI=1S/C10H22N2O/c1-7(2)9(5)12(6)10(13)11-8(3)4/h7-9H,1-6H3,(H,11,13). The molecule has 0 aliphatic carbocycles. The van der Waals surface area contributed by atoms with E-state index in [9.17, 15) is 4.79 Å². The molecule has 78 valence electrons. The summed E-state index contributed by atoms with van der Waals surface area (Å²) in [7, 11) is 1.84. The number of rotatable bonds is 3. The van der Waals surface area contributed by atoms with Gasteiger partial charge in [-0.15, -0.1) is 0 Å². The molecule has 0 fully saturated rings. The van der Waals surface area contributed by atoms with Gasteiger partial charge in [0.05, 0.1) is 0 Å². The molecule has 13 heavy (non-hydrogen) atoms. The smallest absolute Gasteiger partial charge is 0.317 e. The first-order valence-corrected chi connectivity index (χ1v) is 4.89. The molecule has 1 N–H and O–H groups in total. The Kier molecular flexibility index (Phi) is 4.81. The normalized spacial score (nSPS) is 13.2. The van der Waals surface area contributed by atoms with Crippen molar-refractivity contribution in [1.82, 2.24) is 10.2 Å². The summed E-state index contributed by atoms with van der Waals surface area (Å²) in [5, 5.41) is 2.87. The average Bonchev–Trinajstić information content (AvgIpc) is 2.00. The van der Waals surface area contributed by atoms with Crippen LogP contribution in [-0.4, -0.2) is 30.1 Å². The Morgan fingerprint density at radius 3 is 1.92 bits per heavy atom. The topological polar surface area (TPSA) is 32.3 Å².